The summed E-state index contributed by atoms with van der Waals surface area (Å²) >= 11 is 0. The van der Waals surface area contributed by atoms with E-state index in [0.29, 0.717) is 12.0 Å². The first-order chi connectivity index (χ1) is 12.0. The lowest BCUT2D eigenvalue weighted by atomic mass is 9.49. The van der Waals surface area contributed by atoms with Crippen LogP contribution < -0.4 is 10.2 Å². The van der Waals surface area contributed by atoms with Crippen LogP contribution in [-0.2, 0) is 14.3 Å². The van der Waals surface area contributed by atoms with Gasteiger partial charge >= 0.3 is 5.97 Å². The van der Waals surface area contributed by atoms with Gasteiger partial charge in [0.25, 0.3) is 5.91 Å². The second kappa shape index (κ2) is 6.90. The fourth-order valence-corrected chi connectivity index (χ4v) is 6.69. The van der Waals surface area contributed by atoms with Crippen molar-refractivity contribution in [1.82, 2.24) is 5.32 Å². The molecule has 5 nitrogen and oxygen atoms in total. The molecule has 25 heavy (non-hydrogen) atoms. The molecule has 0 aromatic rings. The van der Waals surface area contributed by atoms with Crippen LogP contribution in [0.5, 0.6) is 0 Å². The smallest absolute Gasteiger partial charge is 0.309 e. The van der Waals surface area contributed by atoms with Gasteiger partial charge in [0, 0.05) is 19.4 Å². The minimum Gasteiger partial charge on any atom is -0.469 e. The van der Waals surface area contributed by atoms with Crippen molar-refractivity contribution in [3.63, 3.8) is 0 Å². The summed E-state index contributed by atoms with van der Waals surface area (Å²) in [6, 6.07) is 0. The maximum atomic E-state index is 12.5. The Morgan fingerprint density at radius 3 is 2.12 bits per heavy atom. The summed E-state index contributed by atoms with van der Waals surface area (Å²) in [5.41, 5.74) is 0.414. The van der Waals surface area contributed by atoms with Crippen molar-refractivity contribution in [2.75, 3.05) is 33.3 Å². The second-order valence-electron chi connectivity index (χ2n) is 9.42. The van der Waals surface area contributed by atoms with Crippen LogP contribution in [0.25, 0.3) is 0 Å². The maximum Gasteiger partial charge on any atom is 0.309 e. The number of methoxy groups -OCH3 is 1. The molecule has 1 heterocycles. The lowest BCUT2D eigenvalue weighted by Gasteiger charge is -2.56. The Bertz CT molecular complexity index is 490. The molecular weight excluding hydrogens is 316 g/mol. The van der Waals surface area contributed by atoms with Gasteiger partial charge in [-0.15, -0.1) is 0 Å². The lowest BCUT2D eigenvalue weighted by molar-refractivity contribution is -0.897. The number of amides is 1. The first-order valence-electron chi connectivity index (χ1n) is 10.2. The molecule has 1 amide bonds. The fourth-order valence-electron chi connectivity index (χ4n) is 6.69. The largest absolute Gasteiger partial charge is 0.469 e. The molecule has 0 aromatic carbocycles. The van der Waals surface area contributed by atoms with Crippen LogP contribution in [0.15, 0.2) is 0 Å². The topological polar surface area (TPSA) is 59.8 Å². The van der Waals surface area contributed by atoms with Crippen LogP contribution in [-0.4, -0.2) is 45.2 Å². The number of ether oxygens (including phenoxy) is 1. The van der Waals surface area contributed by atoms with Crippen LogP contribution in [0.4, 0.5) is 0 Å². The van der Waals surface area contributed by atoms with E-state index in [1.807, 2.05) is 0 Å². The highest BCUT2D eigenvalue weighted by atomic mass is 16.5. The number of nitrogens with one attached hydrogen (secondary N) is 2. The zero-order valence-corrected chi connectivity index (χ0v) is 15.5. The van der Waals surface area contributed by atoms with E-state index in [4.69, 9.17) is 4.74 Å². The predicted octanol–water partition coefficient (Wildman–Crippen LogP) is 0.787. The third-order valence-electron chi connectivity index (χ3n) is 7.46. The molecule has 4 aliphatic carbocycles. The van der Waals surface area contributed by atoms with E-state index >= 15 is 0 Å². The minimum atomic E-state index is -0.0923. The second-order valence-corrected chi connectivity index (χ2v) is 9.42. The molecule has 0 aromatic heterocycles. The van der Waals surface area contributed by atoms with E-state index in [-0.39, 0.29) is 17.8 Å². The number of hydrogen-bond acceptors (Lipinski definition) is 3. The van der Waals surface area contributed by atoms with Crippen LogP contribution in [0.1, 0.15) is 51.4 Å². The van der Waals surface area contributed by atoms with E-state index in [1.54, 1.807) is 0 Å². The number of esters is 1. The number of hydrogen-bond donors (Lipinski definition) is 2. The van der Waals surface area contributed by atoms with Gasteiger partial charge in [-0.1, -0.05) is 0 Å². The van der Waals surface area contributed by atoms with Crippen molar-refractivity contribution in [1.29, 1.82) is 0 Å². The molecule has 0 unspecified atom stereocenters. The molecule has 5 fully saturated rings. The third kappa shape index (κ3) is 3.71. The Balaban J connectivity index is 1.22. The zero-order chi connectivity index (χ0) is 17.4. The van der Waals surface area contributed by atoms with Crippen LogP contribution >= 0.6 is 0 Å². The first-order valence-corrected chi connectivity index (χ1v) is 10.2. The van der Waals surface area contributed by atoms with Gasteiger partial charge in [-0.2, -0.15) is 0 Å². The van der Waals surface area contributed by atoms with Gasteiger partial charge in [-0.3, -0.25) is 9.59 Å². The number of carbonyl (C=O) groups excluding carboxylic acids is 2. The highest BCUT2D eigenvalue weighted by molar-refractivity contribution is 5.77. The van der Waals surface area contributed by atoms with Crippen molar-refractivity contribution in [3.05, 3.63) is 0 Å². The zero-order valence-electron chi connectivity index (χ0n) is 15.5. The Morgan fingerprint density at radius 2 is 1.60 bits per heavy atom. The van der Waals surface area contributed by atoms with Crippen LogP contribution in [0, 0.1) is 29.1 Å². The Hall–Kier alpha value is -1.10. The minimum absolute atomic E-state index is 0.0313. The van der Waals surface area contributed by atoms with Crippen molar-refractivity contribution in [2.45, 2.75) is 51.4 Å². The van der Waals surface area contributed by atoms with E-state index in [9.17, 15) is 9.59 Å². The third-order valence-corrected chi connectivity index (χ3v) is 7.46. The summed E-state index contributed by atoms with van der Waals surface area (Å²) in [7, 11) is 1.46. The first kappa shape index (κ1) is 17.3. The molecule has 0 radical (unpaired) electrons. The molecule has 140 valence electrons. The van der Waals surface area contributed by atoms with Crippen molar-refractivity contribution in [3.8, 4) is 0 Å². The summed E-state index contributed by atoms with van der Waals surface area (Å²) in [5, 5.41) is 3.28. The Kier molecular flexibility index (Phi) is 4.78. The number of carbonyl (C=O) groups is 2. The molecular formula is C20H33N2O3+. The molecule has 0 atom stereocenters. The van der Waals surface area contributed by atoms with Crippen molar-refractivity contribution < 1.29 is 19.2 Å². The maximum absolute atomic E-state index is 12.5. The molecule has 5 aliphatic rings. The van der Waals surface area contributed by atoms with Gasteiger partial charge < -0.3 is 15.0 Å². The summed E-state index contributed by atoms with van der Waals surface area (Å²) in [6.07, 6.45) is 10.1. The summed E-state index contributed by atoms with van der Waals surface area (Å²) < 4.78 is 4.83. The van der Waals surface area contributed by atoms with E-state index in [1.165, 1.54) is 50.5 Å². The number of quaternary nitrogens is 1. The number of piperidine rings is 1. The summed E-state index contributed by atoms with van der Waals surface area (Å²) in [5.74, 6) is 2.94. The molecule has 5 rings (SSSR count). The van der Waals surface area contributed by atoms with Gasteiger partial charge in [0.15, 0.2) is 6.54 Å². The highest BCUT2D eigenvalue weighted by Gasteiger charge is 2.50. The monoisotopic (exact) mass is 349 g/mol. The van der Waals surface area contributed by atoms with Crippen LogP contribution in [0.2, 0.25) is 0 Å². The molecule has 5 heteroatoms. The SMILES string of the molecule is COC(=O)C1CC[NH+](CC(=O)NCC23CC4CC(CC(C4)C2)C3)CC1. The molecule has 1 saturated heterocycles. The van der Waals surface area contributed by atoms with Gasteiger partial charge in [0.2, 0.25) is 0 Å². The van der Waals surface area contributed by atoms with Gasteiger partial charge in [0.05, 0.1) is 26.1 Å². The van der Waals surface area contributed by atoms with Crippen molar-refractivity contribution >= 4 is 11.9 Å². The quantitative estimate of drug-likeness (QED) is 0.722. The summed E-state index contributed by atoms with van der Waals surface area (Å²) in [4.78, 5) is 25.4. The van der Waals surface area contributed by atoms with Crippen LogP contribution in [0.3, 0.4) is 0 Å². The molecule has 2 N–H and O–H groups in total. The Morgan fingerprint density at radius 1 is 1.04 bits per heavy atom. The average molecular weight is 349 g/mol. The van der Waals surface area contributed by atoms with Crippen molar-refractivity contribution in [2.24, 2.45) is 29.1 Å². The highest BCUT2D eigenvalue weighted by Crippen LogP contribution is 2.59. The van der Waals surface area contributed by atoms with E-state index in [2.05, 4.69) is 5.32 Å². The normalized spacial score (nSPS) is 42.2. The van der Waals surface area contributed by atoms with Gasteiger partial charge in [-0.05, 0) is 61.7 Å². The fraction of sp³-hybridized carbons (Fsp3) is 0.900. The molecule has 4 saturated carbocycles. The Labute approximate surface area is 150 Å². The van der Waals surface area contributed by atoms with E-state index < -0.39 is 0 Å². The van der Waals surface area contributed by atoms with E-state index in [0.717, 1.165) is 50.2 Å². The number of likely N-dealkylation sites (tertiary alicyclic amines) is 1. The average Bonchev–Trinajstić information content (AvgIpc) is 2.59. The number of rotatable bonds is 5. The lowest BCUT2D eigenvalue weighted by Crippen LogP contribution is -3.14. The predicted molar refractivity (Wildman–Crippen MR) is 93.9 cm³/mol. The molecule has 0 spiro atoms. The molecule has 4 bridgehead atoms. The van der Waals surface area contributed by atoms with Gasteiger partial charge in [-0.25, -0.2) is 0 Å². The molecule has 1 aliphatic heterocycles. The standard InChI is InChI=1S/C20H32N2O3/c1-25-19(24)17-2-4-22(5-3-17)12-18(23)21-13-20-9-14-6-15(10-20)8-16(7-14)11-20/h14-17H,2-13H2,1H3,(H,21,23)/p+1. The summed E-state index contributed by atoms with van der Waals surface area (Å²) in [6.45, 7) is 3.24. The van der Waals surface area contributed by atoms with Gasteiger partial charge in [0.1, 0.15) is 0 Å².